The number of thioether (sulfide) groups is 1. The Hall–Kier alpha value is -2.15. The summed E-state index contributed by atoms with van der Waals surface area (Å²) in [5, 5.41) is 11.5. The van der Waals surface area contributed by atoms with E-state index in [1.54, 1.807) is 17.8 Å². The molecule has 1 aliphatic heterocycles. The number of halogens is 1. The fourth-order valence-electron chi connectivity index (χ4n) is 4.23. The lowest BCUT2D eigenvalue weighted by atomic mass is 10.0. The molecule has 0 unspecified atom stereocenters. The monoisotopic (exact) mass is 460 g/mol. The largest absolute Gasteiger partial charge is 0.508 e. The van der Waals surface area contributed by atoms with Gasteiger partial charge in [0, 0.05) is 46.4 Å². The summed E-state index contributed by atoms with van der Waals surface area (Å²) in [6, 6.07) is 13.8. The summed E-state index contributed by atoms with van der Waals surface area (Å²) in [6.45, 7) is 4.83. The van der Waals surface area contributed by atoms with E-state index < -0.39 is 0 Å². The normalized spacial score (nSPS) is 14.0. The van der Waals surface area contributed by atoms with Crippen molar-refractivity contribution in [2.45, 2.75) is 37.0 Å². The van der Waals surface area contributed by atoms with Crippen molar-refractivity contribution in [1.29, 1.82) is 0 Å². The number of likely N-dealkylation sites (tertiary alicyclic amines) is 1. The number of fused-ring (bicyclic) bond motifs is 1. The SMILES string of the molecule is CCOC(=O)c1c(CSc2ccccc2)n(C)c2ccc(O)c(CN3CCCC3)c12.Cl. The second-order valence-corrected chi connectivity index (χ2v) is 8.69. The molecule has 31 heavy (non-hydrogen) atoms. The van der Waals surface area contributed by atoms with Crippen molar-refractivity contribution in [3.05, 3.63) is 59.3 Å². The predicted molar refractivity (Wildman–Crippen MR) is 128 cm³/mol. The first kappa shape index (κ1) is 23.5. The molecule has 166 valence electrons. The molecule has 0 bridgehead atoms. The third kappa shape index (κ3) is 4.86. The Balaban J connectivity index is 0.00000272. The summed E-state index contributed by atoms with van der Waals surface area (Å²) in [4.78, 5) is 16.6. The molecule has 1 aromatic heterocycles. The minimum absolute atomic E-state index is 0. The van der Waals surface area contributed by atoms with Gasteiger partial charge in [0.05, 0.1) is 12.2 Å². The number of aromatic hydroxyl groups is 1. The van der Waals surface area contributed by atoms with Gasteiger partial charge in [-0.3, -0.25) is 4.90 Å². The van der Waals surface area contributed by atoms with Crippen LogP contribution in [0.15, 0.2) is 47.4 Å². The number of benzene rings is 2. The molecule has 1 saturated heterocycles. The van der Waals surface area contributed by atoms with E-state index in [-0.39, 0.29) is 24.1 Å². The van der Waals surface area contributed by atoms with Gasteiger partial charge >= 0.3 is 5.97 Å². The fourth-order valence-corrected chi connectivity index (χ4v) is 5.22. The lowest BCUT2D eigenvalue weighted by Crippen LogP contribution is -2.19. The molecule has 2 aromatic carbocycles. The van der Waals surface area contributed by atoms with Gasteiger partial charge in [-0.25, -0.2) is 4.79 Å². The Labute approximate surface area is 193 Å². The maximum Gasteiger partial charge on any atom is 0.340 e. The molecule has 0 aliphatic carbocycles. The summed E-state index contributed by atoms with van der Waals surface area (Å²) in [7, 11) is 1.99. The first-order valence-electron chi connectivity index (χ1n) is 10.5. The number of carbonyl (C=O) groups is 1. The summed E-state index contributed by atoms with van der Waals surface area (Å²) in [5.74, 6) is 0.570. The molecule has 0 radical (unpaired) electrons. The van der Waals surface area contributed by atoms with E-state index in [0.717, 1.165) is 40.1 Å². The molecule has 0 atom stereocenters. The first-order chi connectivity index (χ1) is 14.6. The summed E-state index contributed by atoms with van der Waals surface area (Å²) < 4.78 is 7.52. The smallest absolute Gasteiger partial charge is 0.340 e. The van der Waals surface area contributed by atoms with Crippen LogP contribution < -0.4 is 0 Å². The number of phenols is 1. The minimum atomic E-state index is -0.319. The standard InChI is InChI=1S/C24H28N2O3S.ClH/c1-3-29-24(28)23-20(16-30-17-9-5-4-6-10-17)25(2)19-11-12-21(27)18(22(19)23)15-26-13-7-8-14-26;/h4-6,9-12,27H,3,7-8,13-16H2,1-2H3;1H. The Morgan fingerprint density at radius 2 is 1.84 bits per heavy atom. The predicted octanol–water partition coefficient (Wildman–Crippen LogP) is 5.37. The lowest BCUT2D eigenvalue weighted by molar-refractivity contribution is 0.0527. The summed E-state index contributed by atoms with van der Waals surface area (Å²) in [6.07, 6.45) is 2.35. The number of hydrogen-bond donors (Lipinski definition) is 1. The van der Waals surface area contributed by atoms with Gasteiger partial charge in [-0.05, 0) is 57.1 Å². The molecule has 0 amide bonds. The number of aromatic nitrogens is 1. The molecule has 7 heteroatoms. The van der Waals surface area contributed by atoms with E-state index in [0.29, 0.717) is 24.5 Å². The fraction of sp³-hybridized carbons (Fsp3) is 0.375. The van der Waals surface area contributed by atoms with Crippen LogP contribution in [-0.4, -0.2) is 40.2 Å². The molecule has 4 rings (SSSR count). The van der Waals surface area contributed by atoms with E-state index in [9.17, 15) is 9.90 Å². The van der Waals surface area contributed by atoms with Crippen LogP contribution in [0.2, 0.25) is 0 Å². The number of nitrogens with zero attached hydrogens (tertiary/aromatic N) is 2. The number of rotatable bonds is 7. The Morgan fingerprint density at radius 3 is 2.52 bits per heavy atom. The highest BCUT2D eigenvalue weighted by atomic mass is 35.5. The number of aryl methyl sites for hydroxylation is 1. The highest BCUT2D eigenvalue weighted by Crippen LogP contribution is 2.37. The molecular formula is C24H29ClN2O3S. The third-order valence-corrected chi connectivity index (χ3v) is 6.77. The molecule has 3 aromatic rings. The molecule has 5 nitrogen and oxygen atoms in total. The topological polar surface area (TPSA) is 54.7 Å². The van der Waals surface area contributed by atoms with Crippen molar-refractivity contribution in [1.82, 2.24) is 9.47 Å². The Kier molecular flexibility index (Phi) is 7.92. The minimum Gasteiger partial charge on any atom is -0.508 e. The van der Waals surface area contributed by atoms with Crippen LogP contribution >= 0.6 is 24.2 Å². The van der Waals surface area contributed by atoms with Crippen molar-refractivity contribution in [2.75, 3.05) is 19.7 Å². The second kappa shape index (κ2) is 10.4. The van der Waals surface area contributed by atoms with Crippen molar-refractivity contribution >= 4 is 41.0 Å². The third-order valence-electron chi connectivity index (χ3n) is 5.75. The van der Waals surface area contributed by atoms with Gasteiger partial charge in [0.1, 0.15) is 5.75 Å². The van der Waals surface area contributed by atoms with Crippen molar-refractivity contribution in [3.8, 4) is 5.75 Å². The lowest BCUT2D eigenvalue weighted by Gasteiger charge is -2.17. The van der Waals surface area contributed by atoms with Crippen molar-refractivity contribution in [3.63, 3.8) is 0 Å². The molecule has 2 heterocycles. The second-order valence-electron chi connectivity index (χ2n) is 7.64. The molecular weight excluding hydrogens is 432 g/mol. The van der Waals surface area contributed by atoms with Gasteiger partial charge in [0.2, 0.25) is 0 Å². The Morgan fingerprint density at radius 1 is 1.13 bits per heavy atom. The average Bonchev–Trinajstić information content (AvgIpc) is 3.36. The number of phenolic OH excluding ortho intramolecular Hbond substituents is 1. The summed E-state index contributed by atoms with van der Waals surface area (Å²) >= 11 is 1.69. The first-order valence-corrected chi connectivity index (χ1v) is 11.5. The molecule has 1 N–H and O–H groups in total. The average molecular weight is 461 g/mol. The highest BCUT2D eigenvalue weighted by Gasteiger charge is 2.27. The quantitative estimate of drug-likeness (QED) is 0.379. The van der Waals surface area contributed by atoms with Crippen LogP contribution in [0.5, 0.6) is 5.75 Å². The van der Waals surface area contributed by atoms with Crippen LogP contribution in [0.4, 0.5) is 0 Å². The zero-order chi connectivity index (χ0) is 21.1. The van der Waals surface area contributed by atoms with Crippen LogP contribution in [0, 0.1) is 0 Å². The van der Waals surface area contributed by atoms with E-state index >= 15 is 0 Å². The van der Waals surface area contributed by atoms with Gasteiger partial charge in [-0.15, -0.1) is 24.2 Å². The maximum atomic E-state index is 13.1. The van der Waals surface area contributed by atoms with Crippen LogP contribution in [-0.2, 0) is 24.1 Å². The van der Waals surface area contributed by atoms with Crippen LogP contribution in [0.25, 0.3) is 10.9 Å². The van der Waals surface area contributed by atoms with Gasteiger partial charge in [0.25, 0.3) is 0 Å². The number of esters is 1. The maximum absolute atomic E-state index is 13.1. The van der Waals surface area contributed by atoms with Crippen LogP contribution in [0.3, 0.4) is 0 Å². The number of hydrogen-bond acceptors (Lipinski definition) is 5. The number of carbonyl (C=O) groups excluding carboxylic acids is 1. The molecule has 0 spiro atoms. The van der Waals surface area contributed by atoms with E-state index in [1.165, 1.54) is 12.8 Å². The van der Waals surface area contributed by atoms with Gasteiger partial charge in [-0.2, -0.15) is 0 Å². The molecule has 1 aliphatic rings. The van der Waals surface area contributed by atoms with Gasteiger partial charge in [-0.1, -0.05) is 18.2 Å². The van der Waals surface area contributed by atoms with Crippen molar-refractivity contribution in [2.24, 2.45) is 7.05 Å². The highest BCUT2D eigenvalue weighted by molar-refractivity contribution is 7.98. The van der Waals surface area contributed by atoms with E-state index in [2.05, 4.69) is 21.6 Å². The molecule has 1 fully saturated rings. The Bertz CT molecular complexity index is 1050. The molecule has 0 saturated carbocycles. The van der Waals surface area contributed by atoms with Gasteiger partial charge < -0.3 is 14.4 Å². The van der Waals surface area contributed by atoms with E-state index in [1.807, 2.05) is 38.2 Å². The zero-order valence-corrected chi connectivity index (χ0v) is 19.6. The summed E-state index contributed by atoms with van der Waals surface area (Å²) in [5.41, 5.74) is 3.28. The van der Waals surface area contributed by atoms with Crippen molar-refractivity contribution < 1.29 is 14.6 Å². The van der Waals surface area contributed by atoms with Gasteiger partial charge in [0.15, 0.2) is 0 Å². The van der Waals surface area contributed by atoms with Crippen LogP contribution in [0.1, 0.15) is 41.4 Å². The van der Waals surface area contributed by atoms with E-state index in [4.69, 9.17) is 4.74 Å². The zero-order valence-electron chi connectivity index (χ0n) is 18.0. The number of ether oxygens (including phenoxy) is 1.